The van der Waals surface area contributed by atoms with Crippen molar-refractivity contribution in [3.05, 3.63) is 0 Å². The summed E-state index contributed by atoms with van der Waals surface area (Å²) in [4.78, 5) is 0. The summed E-state index contributed by atoms with van der Waals surface area (Å²) in [6.45, 7) is 4.63. The normalized spacial score (nSPS) is 61.2. The fourth-order valence-electron chi connectivity index (χ4n) is 7.21. The minimum absolute atomic E-state index is 0.0715. The molecule has 4 aliphatic rings. The quantitative estimate of drug-likeness (QED) is 0.645. The second-order valence-corrected chi connectivity index (χ2v) is 9.37. The van der Waals surface area contributed by atoms with Crippen molar-refractivity contribution in [2.75, 3.05) is 0 Å². The van der Waals surface area contributed by atoms with E-state index in [1.165, 1.54) is 12.8 Å². The van der Waals surface area contributed by atoms with Crippen LogP contribution >= 0.6 is 0 Å². The van der Waals surface area contributed by atoms with Crippen molar-refractivity contribution in [3.8, 4) is 0 Å². The van der Waals surface area contributed by atoms with Gasteiger partial charge < -0.3 is 15.3 Å². The van der Waals surface area contributed by atoms with Gasteiger partial charge in [0, 0.05) is 0 Å². The van der Waals surface area contributed by atoms with Gasteiger partial charge in [-0.15, -0.1) is 0 Å². The maximum atomic E-state index is 10.9. The van der Waals surface area contributed by atoms with E-state index in [0.717, 1.165) is 38.5 Å². The lowest BCUT2D eigenvalue weighted by Crippen LogP contribution is -2.58. The van der Waals surface area contributed by atoms with Gasteiger partial charge in [-0.3, -0.25) is 0 Å². The van der Waals surface area contributed by atoms with Crippen molar-refractivity contribution in [1.82, 2.24) is 0 Å². The average molecular weight is 308 g/mol. The molecule has 0 aromatic rings. The summed E-state index contributed by atoms with van der Waals surface area (Å²) in [5.41, 5.74) is 0.185. The van der Waals surface area contributed by atoms with Crippen LogP contribution in [-0.4, -0.2) is 33.6 Å². The Bertz CT molecular complexity index is 452. The molecule has 4 fully saturated rings. The van der Waals surface area contributed by atoms with Crippen molar-refractivity contribution in [2.24, 2.45) is 34.5 Å². The van der Waals surface area contributed by atoms with Crippen molar-refractivity contribution in [1.29, 1.82) is 0 Å². The van der Waals surface area contributed by atoms with Crippen LogP contribution < -0.4 is 0 Å². The zero-order valence-electron chi connectivity index (χ0n) is 14.0. The van der Waals surface area contributed by atoms with Crippen LogP contribution in [0.1, 0.15) is 65.2 Å². The molecule has 3 nitrogen and oxygen atoms in total. The molecule has 126 valence electrons. The molecule has 0 aromatic heterocycles. The van der Waals surface area contributed by atoms with Gasteiger partial charge in [-0.2, -0.15) is 0 Å². The van der Waals surface area contributed by atoms with Crippen molar-refractivity contribution >= 4 is 0 Å². The van der Waals surface area contributed by atoms with Crippen LogP contribution in [0.5, 0.6) is 0 Å². The van der Waals surface area contributed by atoms with Crippen LogP contribution in [0.2, 0.25) is 0 Å². The topological polar surface area (TPSA) is 60.7 Å². The van der Waals surface area contributed by atoms with E-state index >= 15 is 0 Å². The van der Waals surface area contributed by atoms with Crippen LogP contribution in [0.4, 0.5) is 0 Å². The summed E-state index contributed by atoms with van der Waals surface area (Å²) < 4.78 is 0. The highest BCUT2D eigenvalue weighted by molar-refractivity contribution is 5.11. The average Bonchev–Trinajstić information content (AvgIpc) is 2.79. The molecule has 3 heteroatoms. The zero-order chi connectivity index (χ0) is 15.7. The first kappa shape index (κ1) is 15.4. The van der Waals surface area contributed by atoms with E-state index in [2.05, 4.69) is 13.8 Å². The van der Waals surface area contributed by atoms with E-state index in [4.69, 9.17) is 0 Å². The minimum Gasteiger partial charge on any atom is -0.393 e. The Kier molecular flexibility index (Phi) is 3.46. The Morgan fingerprint density at radius 2 is 1.55 bits per heavy atom. The molecule has 4 rings (SSSR count). The SMILES string of the molecule is CC12CC[C@H](O)C1C1CC[C@H]3CC(O)CCC3(C)C1CC2O. The predicted octanol–water partition coefficient (Wildman–Crippen LogP) is 2.72. The molecule has 7 unspecified atom stereocenters. The van der Waals surface area contributed by atoms with Gasteiger partial charge in [0.25, 0.3) is 0 Å². The van der Waals surface area contributed by atoms with E-state index in [1.54, 1.807) is 0 Å². The third-order valence-electron chi connectivity index (χ3n) is 8.57. The van der Waals surface area contributed by atoms with E-state index in [9.17, 15) is 15.3 Å². The number of hydrogen-bond acceptors (Lipinski definition) is 3. The first-order chi connectivity index (χ1) is 10.4. The molecular weight excluding hydrogens is 276 g/mol. The number of aliphatic hydroxyl groups excluding tert-OH is 3. The zero-order valence-corrected chi connectivity index (χ0v) is 14.0. The molecule has 0 spiro atoms. The number of hydrogen-bond donors (Lipinski definition) is 3. The maximum Gasteiger partial charge on any atom is 0.0600 e. The number of aliphatic hydroxyl groups is 3. The van der Waals surface area contributed by atoms with Crippen LogP contribution in [-0.2, 0) is 0 Å². The van der Waals surface area contributed by atoms with Gasteiger partial charge >= 0.3 is 0 Å². The summed E-state index contributed by atoms with van der Waals surface area (Å²) >= 11 is 0. The molecule has 4 aliphatic carbocycles. The summed E-state index contributed by atoms with van der Waals surface area (Å²) in [5.74, 6) is 1.99. The van der Waals surface area contributed by atoms with Gasteiger partial charge in [0.05, 0.1) is 18.3 Å². The Morgan fingerprint density at radius 3 is 2.32 bits per heavy atom. The second-order valence-electron chi connectivity index (χ2n) is 9.37. The fraction of sp³-hybridized carbons (Fsp3) is 1.00. The third-order valence-corrected chi connectivity index (χ3v) is 8.57. The number of fused-ring (bicyclic) bond motifs is 5. The van der Waals surface area contributed by atoms with Gasteiger partial charge in [0.15, 0.2) is 0 Å². The molecule has 9 atom stereocenters. The Hall–Kier alpha value is -0.120. The molecule has 0 amide bonds. The summed E-state index contributed by atoms with van der Waals surface area (Å²) in [7, 11) is 0. The Labute approximate surface area is 134 Å². The molecule has 0 saturated heterocycles. The first-order valence-electron chi connectivity index (χ1n) is 9.40. The molecule has 4 saturated carbocycles. The van der Waals surface area contributed by atoms with E-state index in [-0.39, 0.29) is 35.1 Å². The van der Waals surface area contributed by atoms with Crippen molar-refractivity contribution < 1.29 is 15.3 Å². The van der Waals surface area contributed by atoms with E-state index in [0.29, 0.717) is 17.8 Å². The minimum atomic E-state index is -0.265. The van der Waals surface area contributed by atoms with Crippen molar-refractivity contribution in [2.45, 2.75) is 83.5 Å². The molecule has 3 N–H and O–H groups in total. The molecule has 0 aromatic carbocycles. The van der Waals surface area contributed by atoms with Gasteiger partial charge in [-0.1, -0.05) is 13.8 Å². The lowest BCUT2D eigenvalue weighted by molar-refractivity contribution is -0.174. The highest BCUT2D eigenvalue weighted by Crippen LogP contribution is 2.66. The highest BCUT2D eigenvalue weighted by Gasteiger charge is 2.62. The van der Waals surface area contributed by atoms with Gasteiger partial charge in [0.1, 0.15) is 0 Å². The molecule has 22 heavy (non-hydrogen) atoms. The van der Waals surface area contributed by atoms with Crippen LogP contribution in [0.3, 0.4) is 0 Å². The maximum absolute atomic E-state index is 10.9. The first-order valence-corrected chi connectivity index (χ1v) is 9.40. The standard InChI is InChI=1S/C19H32O3/c1-18-7-5-12(20)9-11(18)3-4-13-14(18)10-16(22)19(2)8-6-15(21)17(13)19/h11-17,20-22H,3-10H2,1-2H3/t11-,12?,13?,14?,15-,16?,17?,18?,19?/m0/s1. The van der Waals surface area contributed by atoms with Gasteiger partial charge in [-0.25, -0.2) is 0 Å². The lowest BCUT2D eigenvalue weighted by Gasteiger charge is -2.61. The molecule has 0 radical (unpaired) electrons. The van der Waals surface area contributed by atoms with Crippen molar-refractivity contribution in [3.63, 3.8) is 0 Å². The van der Waals surface area contributed by atoms with Crippen LogP contribution in [0.25, 0.3) is 0 Å². The van der Waals surface area contributed by atoms with E-state index in [1.807, 2.05) is 0 Å². The summed E-state index contributed by atoms with van der Waals surface area (Å²) in [5, 5.41) is 31.6. The van der Waals surface area contributed by atoms with Gasteiger partial charge in [-0.05, 0) is 85.9 Å². The largest absolute Gasteiger partial charge is 0.393 e. The fourth-order valence-corrected chi connectivity index (χ4v) is 7.21. The Balaban J connectivity index is 1.68. The smallest absolute Gasteiger partial charge is 0.0600 e. The van der Waals surface area contributed by atoms with Crippen LogP contribution in [0.15, 0.2) is 0 Å². The molecule has 0 heterocycles. The monoisotopic (exact) mass is 308 g/mol. The highest BCUT2D eigenvalue weighted by atomic mass is 16.3. The van der Waals surface area contributed by atoms with Gasteiger partial charge in [0.2, 0.25) is 0 Å². The summed E-state index contributed by atoms with van der Waals surface area (Å²) in [6, 6.07) is 0. The molecule has 0 bridgehead atoms. The molecular formula is C19H32O3. The lowest BCUT2D eigenvalue weighted by atomic mass is 9.44. The Morgan fingerprint density at radius 1 is 0.818 bits per heavy atom. The van der Waals surface area contributed by atoms with E-state index < -0.39 is 0 Å². The molecule has 0 aliphatic heterocycles. The third kappa shape index (κ3) is 1.91. The summed E-state index contributed by atoms with van der Waals surface area (Å²) in [6.07, 6.45) is 7.47. The second kappa shape index (κ2) is 4.94. The number of rotatable bonds is 0. The predicted molar refractivity (Wildman–Crippen MR) is 85.1 cm³/mol. The van der Waals surface area contributed by atoms with Crippen LogP contribution in [0, 0.1) is 34.5 Å².